The molecule has 0 aliphatic carbocycles. The molecule has 0 amide bonds. The van der Waals surface area contributed by atoms with Crippen molar-refractivity contribution < 1.29 is 13.5 Å². The Labute approximate surface area is 121 Å². The fourth-order valence-electron chi connectivity index (χ4n) is 1.72. The third kappa shape index (κ3) is 4.04. The van der Waals surface area contributed by atoms with Crippen molar-refractivity contribution in [3.63, 3.8) is 0 Å². The predicted molar refractivity (Wildman–Crippen MR) is 78.2 cm³/mol. The summed E-state index contributed by atoms with van der Waals surface area (Å²) in [6.07, 6.45) is 1.97. The van der Waals surface area contributed by atoms with Crippen LogP contribution in [-0.4, -0.2) is 36.5 Å². The second-order valence-corrected chi connectivity index (χ2v) is 7.88. The van der Waals surface area contributed by atoms with E-state index < -0.39 is 10.0 Å². The van der Waals surface area contributed by atoms with E-state index in [0.717, 1.165) is 0 Å². The Morgan fingerprint density at radius 3 is 2.45 bits per heavy atom. The van der Waals surface area contributed by atoms with Gasteiger partial charge in [-0.05, 0) is 20.3 Å². The molecule has 1 rings (SSSR count). The van der Waals surface area contributed by atoms with E-state index >= 15 is 0 Å². The van der Waals surface area contributed by atoms with Crippen molar-refractivity contribution in [2.45, 2.75) is 57.4 Å². The smallest absolute Gasteiger partial charge is 0.243 e. The number of aromatic nitrogens is 2. The lowest BCUT2D eigenvalue weighted by Crippen LogP contribution is -2.27. The molecule has 0 radical (unpaired) electrons. The van der Waals surface area contributed by atoms with Crippen molar-refractivity contribution in [3.05, 3.63) is 11.9 Å². The van der Waals surface area contributed by atoms with Crippen LogP contribution in [0.25, 0.3) is 0 Å². The fourth-order valence-corrected chi connectivity index (χ4v) is 3.14. The second kappa shape index (κ2) is 6.24. The third-order valence-electron chi connectivity index (χ3n) is 2.85. The van der Waals surface area contributed by atoms with E-state index in [1.54, 1.807) is 10.9 Å². The Hall–Kier alpha value is -0.920. The first-order valence-corrected chi connectivity index (χ1v) is 8.28. The van der Waals surface area contributed by atoms with Crippen molar-refractivity contribution in [2.75, 3.05) is 13.2 Å². The van der Waals surface area contributed by atoms with E-state index in [1.807, 2.05) is 34.6 Å². The van der Waals surface area contributed by atoms with E-state index in [9.17, 15) is 8.42 Å². The summed E-state index contributed by atoms with van der Waals surface area (Å²) in [4.78, 5) is 0.219. The highest BCUT2D eigenvalue weighted by Gasteiger charge is 2.30. The number of hydrogen-bond donors (Lipinski definition) is 2. The number of aliphatic hydroxyl groups is 1. The van der Waals surface area contributed by atoms with Gasteiger partial charge in [-0.1, -0.05) is 20.8 Å². The monoisotopic (exact) mass is 303 g/mol. The molecule has 0 saturated heterocycles. The largest absolute Gasteiger partial charge is 0.396 e. The second-order valence-electron chi connectivity index (χ2n) is 6.14. The zero-order valence-corrected chi connectivity index (χ0v) is 13.7. The SMILES string of the molecule is CC(C)n1cc(S(=O)(=O)NCCCO)c(C(C)(C)C)n1. The minimum absolute atomic E-state index is 0.0418. The summed E-state index contributed by atoms with van der Waals surface area (Å²) in [7, 11) is -3.60. The normalized spacial score (nSPS) is 13.2. The summed E-state index contributed by atoms with van der Waals surface area (Å²) in [5.41, 5.74) is 0.198. The van der Waals surface area contributed by atoms with Gasteiger partial charge in [-0.25, -0.2) is 13.1 Å². The van der Waals surface area contributed by atoms with Crippen LogP contribution in [0, 0.1) is 0 Å². The molecular formula is C13H25N3O3S. The van der Waals surface area contributed by atoms with Crippen molar-refractivity contribution >= 4 is 10.0 Å². The first-order chi connectivity index (χ1) is 9.09. The lowest BCUT2D eigenvalue weighted by molar-refractivity contribution is 0.289. The Kier molecular flexibility index (Phi) is 5.34. The molecule has 0 unspecified atom stereocenters. The molecule has 116 valence electrons. The summed E-state index contributed by atoms with van der Waals surface area (Å²) in [6, 6.07) is 0.0949. The molecule has 0 aliphatic rings. The van der Waals surface area contributed by atoms with Crippen LogP contribution in [0.1, 0.15) is 52.8 Å². The summed E-state index contributed by atoms with van der Waals surface area (Å²) >= 11 is 0. The van der Waals surface area contributed by atoms with Crippen molar-refractivity contribution in [3.8, 4) is 0 Å². The molecule has 1 aromatic rings. The molecule has 0 atom stereocenters. The van der Waals surface area contributed by atoms with Gasteiger partial charge in [0.2, 0.25) is 10.0 Å². The van der Waals surface area contributed by atoms with E-state index in [1.165, 1.54) is 0 Å². The van der Waals surface area contributed by atoms with Gasteiger partial charge in [-0.3, -0.25) is 4.68 Å². The summed E-state index contributed by atoms with van der Waals surface area (Å²) < 4.78 is 28.9. The van der Waals surface area contributed by atoms with Gasteiger partial charge in [0.15, 0.2) is 0 Å². The highest BCUT2D eigenvalue weighted by molar-refractivity contribution is 7.89. The zero-order valence-electron chi connectivity index (χ0n) is 12.8. The molecule has 0 saturated carbocycles. The maximum atomic E-state index is 12.4. The molecule has 0 aromatic carbocycles. The first kappa shape index (κ1) is 17.1. The lowest BCUT2D eigenvalue weighted by atomic mass is 9.92. The van der Waals surface area contributed by atoms with Crippen LogP contribution in [0.5, 0.6) is 0 Å². The van der Waals surface area contributed by atoms with Crippen molar-refractivity contribution in [1.82, 2.24) is 14.5 Å². The average molecular weight is 303 g/mol. The van der Waals surface area contributed by atoms with E-state index in [0.29, 0.717) is 12.1 Å². The van der Waals surface area contributed by atoms with Gasteiger partial charge in [0.05, 0.1) is 5.69 Å². The number of sulfonamides is 1. The van der Waals surface area contributed by atoms with Crippen molar-refractivity contribution in [2.24, 2.45) is 0 Å². The van der Waals surface area contributed by atoms with Gasteiger partial charge >= 0.3 is 0 Å². The Morgan fingerprint density at radius 1 is 1.40 bits per heavy atom. The van der Waals surface area contributed by atoms with Crippen LogP contribution in [-0.2, 0) is 15.4 Å². The third-order valence-corrected chi connectivity index (χ3v) is 4.32. The molecule has 2 N–H and O–H groups in total. The topological polar surface area (TPSA) is 84.2 Å². The molecule has 1 aromatic heterocycles. The number of nitrogens with one attached hydrogen (secondary N) is 1. The summed E-state index contributed by atoms with van der Waals surface area (Å²) in [6.45, 7) is 9.89. The van der Waals surface area contributed by atoms with Gasteiger partial charge in [0.1, 0.15) is 4.90 Å². The maximum Gasteiger partial charge on any atom is 0.243 e. The van der Waals surface area contributed by atoms with Crippen molar-refractivity contribution in [1.29, 1.82) is 0 Å². The van der Waals surface area contributed by atoms with Crippen LogP contribution in [0.3, 0.4) is 0 Å². The zero-order chi connectivity index (χ0) is 15.6. The van der Waals surface area contributed by atoms with Crippen LogP contribution in [0.2, 0.25) is 0 Å². The maximum absolute atomic E-state index is 12.4. The molecule has 0 bridgehead atoms. The number of aliphatic hydroxyl groups excluding tert-OH is 1. The molecule has 0 fully saturated rings. The Balaban J connectivity index is 3.21. The van der Waals surface area contributed by atoms with E-state index in [-0.39, 0.29) is 29.5 Å². The molecule has 20 heavy (non-hydrogen) atoms. The number of nitrogens with zero attached hydrogens (tertiary/aromatic N) is 2. The fraction of sp³-hybridized carbons (Fsp3) is 0.769. The molecule has 6 nitrogen and oxygen atoms in total. The van der Waals surface area contributed by atoms with Gasteiger partial charge in [0.25, 0.3) is 0 Å². The van der Waals surface area contributed by atoms with Gasteiger partial charge in [-0.15, -0.1) is 0 Å². The van der Waals surface area contributed by atoms with Crippen LogP contribution in [0.15, 0.2) is 11.1 Å². The predicted octanol–water partition coefficient (Wildman–Crippen LogP) is 1.42. The van der Waals surface area contributed by atoms with Gasteiger partial charge < -0.3 is 5.11 Å². The Bertz CT molecular complexity index is 542. The Morgan fingerprint density at radius 2 is 2.00 bits per heavy atom. The standard InChI is InChI=1S/C13H25N3O3S/c1-10(2)16-9-11(12(15-16)13(3,4)5)20(18,19)14-7-6-8-17/h9-10,14,17H,6-8H2,1-5H3. The number of rotatable bonds is 6. The highest BCUT2D eigenvalue weighted by atomic mass is 32.2. The lowest BCUT2D eigenvalue weighted by Gasteiger charge is -2.17. The minimum atomic E-state index is -3.60. The van der Waals surface area contributed by atoms with Gasteiger partial charge in [0, 0.05) is 30.8 Å². The van der Waals surface area contributed by atoms with Crippen LogP contribution in [0.4, 0.5) is 0 Å². The minimum Gasteiger partial charge on any atom is -0.396 e. The molecular weight excluding hydrogens is 278 g/mol. The van der Waals surface area contributed by atoms with Crippen LogP contribution >= 0.6 is 0 Å². The van der Waals surface area contributed by atoms with Crippen LogP contribution < -0.4 is 4.72 Å². The molecule has 0 spiro atoms. The average Bonchev–Trinajstić information content (AvgIpc) is 2.74. The highest BCUT2D eigenvalue weighted by Crippen LogP contribution is 2.28. The molecule has 0 aliphatic heterocycles. The summed E-state index contributed by atoms with van der Waals surface area (Å²) in [5.74, 6) is 0. The number of hydrogen-bond acceptors (Lipinski definition) is 4. The first-order valence-electron chi connectivity index (χ1n) is 6.79. The molecule has 1 heterocycles. The quantitative estimate of drug-likeness (QED) is 0.779. The molecule has 7 heteroatoms. The van der Waals surface area contributed by atoms with E-state index in [2.05, 4.69) is 9.82 Å². The summed E-state index contributed by atoms with van der Waals surface area (Å²) in [5, 5.41) is 13.2. The van der Waals surface area contributed by atoms with E-state index in [4.69, 9.17) is 5.11 Å². The van der Waals surface area contributed by atoms with Gasteiger partial charge in [-0.2, -0.15) is 5.10 Å².